The average molecular weight is 346 g/mol. The highest BCUT2D eigenvalue weighted by Gasteiger charge is 2.23. The van der Waals surface area contributed by atoms with Gasteiger partial charge in [0.2, 0.25) is 11.7 Å². The molecular formula is C16H18N4O3S. The molecule has 2 aromatic rings. The Morgan fingerprint density at radius 2 is 2.00 bits per heavy atom. The monoisotopic (exact) mass is 346 g/mol. The van der Waals surface area contributed by atoms with E-state index in [0.717, 1.165) is 0 Å². The van der Waals surface area contributed by atoms with Crippen molar-refractivity contribution in [3.05, 3.63) is 46.7 Å². The van der Waals surface area contributed by atoms with Crippen LogP contribution in [0.2, 0.25) is 0 Å². The number of Topliss-reactive ketones (excluding diaryl/α,β-unsaturated/α-hetero) is 1. The van der Waals surface area contributed by atoms with Crippen LogP contribution < -0.4 is 21.6 Å². The Bertz CT molecular complexity index is 726. The quantitative estimate of drug-likeness (QED) is 0.381. The van der Waals surface area contributed by atoms with Crippen LogP contribution in [-0.2, 0) is 4.79 Å². The van der Waals surface area contributed by atoms with Crippen molar-refractivity contribution in [3.63, 3.8) is 0 Å². The van der Waals surface area contributed by atoms with Gasteiger partial charge >= 0.3 is 0 Å². The summed E-state index contributed by atoms with van der Waals surface area (Å²) in [7, 11) is 1.57. The third-order valence-electron chi connectivity index (χ3n) is 3.15. The number of methoxy groups -OCH3 is 1. The summed E-state index contributed by atoms with van der Waals surface area (Å²) in [5.74, 6) is -0.233. The summed E-state index contributed by atoms with van der Waals surface area (Å²) in [6, 6.07) is 9.54. The number of nitrogens with two attached hydrogens (primary N) is 2. The van der Waals surface area contributed by atoms with Gasteiger partial charge in [-0.05, 0) is 35.7 Å². The second kappa shape index (κ2) is 8.23. The number of primary amides is 1. The molecule has 24 heavy (non-hydrogen) atoms. The molecule has 5 N–H and O–H groups in total. The third kappa shape index (κ3) is 4.64. The number of hydrogen-bond donors (Lipinski definition) is 3. The van der Waals surface area contributed by atoms with E-state index in [9.17, 15) is 9.59 Å². The number of carbonyl (C=O) groups is 2. The van der Waals surface area contributed by atoms with Gasteiger partial charge in [0, 0.05) is 6.42 Å². The van der Waals surface area contributed by atoms with Crippen LogP contribution in [0.5, 0.6) is 5.75 Å². The highest BCUT2D eigenvalue weighted by atomic mass is 32.1. The number of hydrazone groups is 1. The number of thiophene rings is 1. The summed E-state index contributed by atoms with van der Waals surface area (Å²) in [6.07, 6.45) is -0.166. The fourth-order valence-corrected chi connectivity index (χ4v) is 2.61. The molecule has 126 valence electrons. The van der Waals surface area contributed by atoms with Gasteiger partial charge < -0.3 is 16.2 Å². The number of rotatable bonds is 8. The molecule has 0 bridgehead atoms. The molecule has 0 fully saturated rings. The van der Waals surface area contributed by atoms with Crippen LogP contribution >= 0.6 is 11.3 Å². The van der Waals surface area contributed by atoms with E-state index in [2.05, 4.69) is 10.5 Å². The van der Waals surface area contributed by atoms with Crippen molar-refractivity contribution >= 4 is 34.4 Å². The largest absolute Gasteiger partial charge is 0.497 e. The first-order valence-electron chi connectivity index (χ1n) is 7.11. The Labute approximate surface area is 143 Å². The fraction of sp³-hybridized carbons (Fsp3) is 0.188. The van der Waals surface area contributed by atoms with E-state index >= 15 is 0 Å². The van der Waals surface area contributed by atoms with Crippen molar-refractivity contribution in [1.29, 1.82) is 0 Å². The van der Waals surface area contributed by atoms with Crippen LogP contribution in [0, 0.1) is 0 Å². The van der Waals surface area contributed by atoms with Gasteiger partial charge in [-0.25, -0.2) is 0 Å². The lowest BCUT2D eigenvalue weighted by molar-refractivity contribution is -0.118. The number of amides is 1. The molecule has 1 heterocycles. The number of nitrogens with zero attached hydrogens (tertiary/aromatic N) is 1. The predicted octanol–water partition coefficient (Wildman–Crippen LogP) is 1.61. The van der Waals surface area contributed by atoms with E-state index in [1.807, 2.05) is 0 Å². The molecule has 0 spiro atoms. The molecule has 1 amide bonds. The van der Waals surface area contributed by atoms with Crippen molar-refractivity contribution < 1.29 is 14.3 Å². The zero-order valence-electron chi connectivity index (χ0n) is 13.1. The van der Waals surface area contributed by atoms with Gasteiger partial charge in [0.05, 0.1) is 23.7 Å². The normalized spacial score (nSPS) is 12.5. The standard InChI is InChI=1S/C16H18N4O3S/c1-23-11-6-4-10(5-7-11)19-20-15(12(17)9-14(18)21)16(22)13-3-2-8-24-13/h2-8,12,19H,9,17H2,1H3,(H2,18,21)/b20-15+. The van der Waals surface area contributed by atoms with Gasteiger partial charge in [0.25, 0.3) is 0 Å². The first-order chi connectivity index (χ1) is 11.5. The van der Waals surface area contributed by atoms with E-state index in [1.165, 1.54) is 11.3 Å². The Balaban J connectivity index is 2.23. The minimum Gasteiger partial charge on any atom is -0.497 e. The van der Waals surface area contributed by atoms with Crippen molar-refractivity contribution in [1.82, 2.24) is 0 Å². The molecule has 2 rings (SSSR count). The topological polar surface area (TPSA) is 120 Å². The first kappa shape index (κ1) is 17.6. The molecule has 0 saturated carbocycles. The lowest BCUT2D eigenvalue weighted by Crippen LogP contribution is -2.39. The van der Waals surface area contributed by atoms with Crippen molar-refractivity contribution in [2.24, 2.45) is 16.6 Å². The minimum atomic E-state index is -0.886. The molecule has 1 aromatic carbocycles. The van der Waals surface area contributed by atoms with Crippen LogP contribution in [0.4, 0.5) is 5.69 Å². The second-order valence-corrected chi connectivity index (χ2v) is 5.87. The van der Waals surface area contributed by atoms with E-state index < -0.39 is 11.9 Å². The molecule has 0 aliphatic carbocycles. The van der Waals surface area contributed by atoms with Crippen LogP contribution in [0.15, 0.2) is 46.9 Å². The molecule has 0 aliphatic rings. The highest BCUT2D eigenvalue weighted by molar-refractivity contribution is 7.13. The van der Waals surface area contributed by atoms with Gasteiger partial charge in [0.15, 0.2) is 0 Å². The molecule has 0 saturated heterocycles. The number of carbonyl (C=O) groups excluding carboxylic acids is 2. The van der Waals surface area contributed by atoms with E-state index in [-0.39, 0.29) is 17.9 Å². The van der Waals surface area contributed by atoms with Crippen molar-refractivity contribution in [2.75, 3.05) is 12.5 Å². The zero-order chi connectivity index (χ0) is 17.5. The molecule has 1 aromatic heterocycles. The summed E-state index contributed by atoms with van der Waals surface area (Å²) in [6.45, 7) is 0. The summed E-state index contributed by atoms with van der Waals surface area (Å²) in [4.78, 5) is 24.1. The van der Waals surface area contributed by atoms with E-state index in [4.69, 9.17) is 16.2 Å². The van der Waals surface area contributed by atoms with Gasteiger partial charge in [-0.3, -0.25) is 15.0 Å². The van der Waals surface area contributed by atoms with Crippen LogP contribution in [0.1, 0.15) is 16.1 Å². The highest BCUT2D eigenvalue weighted by Crippen LogP contribution is 2.16. The molecule has 0 radical (unpaired) electrons. The minimum absolute atomic E-state index is 0.0482. The fourth-order valence-electron chi connectivity index (χ4n) is 1.94. The Morgan fingerprint density at radius 1 is 1.29 bits per heavy atom. The van der Waals surface area contributed by atoms with E-state index in [0.29, 0.717) is 16.3 Å². The maximum Gasteiger partial charge on any atom is 0.220 e. The smallest absolute Gasteiger partial charge is 0.220 e. The van der Waals surface area contributed by atoms with Gasteiger partial charge in [-0.15, -0.1) is 11.3 Å². The number of anilines is 1. The third-order valence-corrected chi connectivity index (χ3v) is 4.01. The Kier molecular flexibility index (Phi) is 6.05. The number of nitrogens with one attached hydrogen (secondary N) is 1. The number of ether oxygens (including phenoxy) is 1. The summed E-state index contributed by atoms with van der Waals surface area (Å²) in [5.41, 5.74) is 14.6. The van der Waals surface area contributed by atoms with Crippen LogP contribution in [0.25, 0.3) is 0 Å². The molecule has 0 aliphatic heterocycles. The lowest BCUT2D eigenvalue weighted by atomic mass is 10.0. The van der Waals surface area contributed by atoms with Gasteiger partial charge in [0.1, 0.15) is 11.5 Å². The number of hydrogen-bond acceptors (Lipinski definition) is 7. The van der Waals surface area contributed by atoms with Gasteiger partial charge in [-0.1, -0.05) is 6.07 Å². The summed E-state index contributed by atoms with van der Waals surface area (Å²) in [5, 5.41) is 5.89. The summed E-state index contributed by atoms with van der Waals surface area (Å²) >= 11 is 1.28. The second-order valence-electron chi connectivity index (χ2n) is 4.92. The van der Waals surface area contributed by atoms with Crippen molar-refractivity contribution in [2.45, 2.75) is 12.5 Å². The maximum absolute atomic E-state index is 12.5. The Morgan fingerprint density at radius 3 is 2.54 bits per heavy atom. The first-order valence-corrected chi connectivity index (χ1v) is 7.99. The number of benzene rings is 1. The summed E-state index contributed by atoms with van der Waals surface area (Å²) < 4.78 is 5.08. The van der Waals surface area contributed by atoms with Crippen LogP contribution in [-0.4, -0.2) is 30.6 Å². The van der Waals surface area contributed by atoms with Crippen molar-refractivity contribution in [3.8, 4) is 5.75 Å². The Hall–Kier alpha value is -2.71. The van der Waals surface area contributed by atoms with Crippen LogP contribution in [0.3, 0.4) is 0 Å². The molecule has 8 heteroatoms. The van der Waals surface area contributed by atoms with E-state index in [1.54, 1.807) is 48.9 Å². The molecule has 7 nitrogen and oxygen atoms in total. The SMILES string of the molecule is COc1ccc(N/N=C(/C(=O)c2cccs2)C(N)CC(N)=O)cc1. The molecule has 1 atom stereocenters. The number of ketones is 1. The zero-order valence-corrected chi connectivity index (χ0v) is 13.9. The predicted molar refractivity (Wildman–Crippen MR) is 94.5 cm³/mol. The maximum atomic E-state index is 12.5. The average Bonchev–Trinajstić information content (AvgIpc) is 3.09. The lowest BCUT2D eigenvalue weighted by Gasteiger charge is -2.12. The molecular weight excluding hydrogens is 328 g/mol. The van der Waals surface area contributed by atoms with Gasteiger partial charge in [-0.2, -0.15) is 5.10 Å². The molecule has 1 unspecified atom stereocenters.